The monoisotopic (exact) mass is 654 g/mol. The molecule has 0 heterocycles. The molecule has 48 heavy (non-hydrogen) atoms. The van der Waals surface area contributed by atoms with E-state index < -0.39 is 29.9 Å². The van der Waals surface area contributed by atoms with E-state index in [1.807, 2.05) is 91.9 Å². The van der Waals surface area contributed by atoms with Gasteiger partial charge in [0.2, 0.25) is 17.7 Å². The number of hydrogen-bond donors (Lipinski definition) is 5. The molecule has 254 valence electrons. The third-order valence-corrected chi connectivity index (χ3v) is 7.82. The highest BCUT2D eigenvalue weighted by Crippen LogP contribution is 2.25. The van der Waals surface area contributed by atoms with E-state index >= 15 is 0 Å². The molecular formula is C38H46N4O6. The van der Waals surface area contributed by atoms with Gasteiger partial charge in [-0.15, -0.1) is 0 Å². The zero-order chi connectivity index (χ0) is 34.9. The highest BCUT2D eigenvalue weighted by atomic mass is 16.5. The first kappa shape index (κ1) is 37.2. The Bertz CT molecular complexity index is 1630. The quantitative estimate of drug-likeness (QED) is 0.118. The Morgan fingerprint density at radius 1 is 0.812 bits per heavy atom. The second kappa shape index (κ2) is 19.4. The Balaban J connectivity index is 0.000000789. The number of hydrogen-bond acceptors (Lipinski definition) is 6. The summed E-state index contributed by atoms with van der Waals surface area (Å²) in [5.41, 5.74) is 9.02. The van der Waals surface area contributed by atoms with Crippen molar-refractivity contribution in [1.82, 2.24) is 16.0 Å². The van der Waals surface area contributed by atoms with Crippen LogP contribution < -0.4 is 26.4 Å². The van der Waals surface area contributed by atoms with E-state index in [0.29, 0.717) is 25.8 Å². The highest BCUT2D eigenvalue weighted by molar-refractivity contribution is 5.90. The van der Waals surface area contributed by atoms with Gasteiger partial charge in [0.1, 0.15) is 11.8 Å². The molecule has 0 aliphatic carbocycles. The van der Waals surface area contributed by atoms with Gasteiger partial charge in [-0.25, -0.2) is 4.79 Å². The lowest BCUT2D eigenvalue weighted by Crippen LogP contribution is -2.49. The fourth-order valence-corrected chi connectivity index (χ4v) is 4.92. The summed E-state index contributed by atoms with van der Waals surface area (Å²) >= 11 is 0. The van der Waals surface area contributed by atoms with Gasteiger partial charge in [0.05, 0.1) is 25.6 Å². The van der Waals surface area contributed by atoms with Crippen LogP contribution in [0.25, 0.3) is 10.8 Å². The Morgan fingerprint density at radius 2 is 1.46 bits per heavy atom. The summed E-state index contributed by atoms with van der Waals surface area (Å²) in [5.74, 6) is -1.99. The number of carboxylic acids is 1. The average Bonchev–Trinajstić information content (AvgIpc) is 3.09. The number of rotatable bonds is 15. The van der Waals surface area contributed by atoms with Crippen LogP contribution in [0.4, 0.5) is 0 Å². The van der Waals surface area contributed by atoms with Gasteiger partial charge in [-0.3, -0.25) is 14.4 Å². The maximum Gasteiger partial charge on any atom is 0.326 e. The number of carboxylic acid groups (broad SMARTS) is 1. The normalized spacial score (nSPS) is 12.4. The summed E-state index contributed by atoms with van der Waals surface area (Å²) in [6.45, 7) is 3.92. The van der Waals surface area contributed by atoms with Crippen LogP contribution in [0.3, 0.4) is 0 Å². The minimum absolute atomic E-state index is 0.123. The average molecular weight is 655 g/mol. The highest BCUT2D eigenvalue weighted by Gasteiger charge is 2.21. The number of unbranched alkanes of at least 4 members (excludes halogenated alkanes) is 1. The number of nitrogens with two attached hydrogens (primary N) is 1. The number of methoxy groups -OCH3 is 1. The molecule has 0 aromatic heterocycles. The largest absolute Gasteiger partial charge is 0.497 e. The molecule has 0 radical (unpaired) electrons. The minimum atomic E-state index is -1.17. The van der Waals surface area contributed by atoms with Crippen LogP contribution in [0.1, 0.15) is 48.8 Å². The first-order valence-corrected chi connectivity index (χ1v) is 16.0. The molecular weight excluding hydrogens is 608 g/mol. The fourth-order valence-electron chi connectivity index (χ4n) is 4.92. The molecule has 4 rings (SSSR count). The van der Waals surface area contributed by atoms with Crippen LogP contribution >= 0.6 is 0 Å². The Morgan fingerprint density at radius 3 is 2.08 bits per heavy atom. The molecule has 10 nitrogen and oxygen atoms in total. The number of ether oxygens (including phenoxy) is 1. The second-order valence-electron chi connectivity index (χ2n) is 11.6. The molecule has 3 amide bonds. The van der Waals surface area contributed by atoms with Crippen LogP contribution in [-0.2, 0) is 25.6 Å². The molecule has 0 saturated heterocycles. The molecule has 0 bridgehead atoms. The molecule has 10 heteroatoms. The SMILES string of the molecule is COc1ccc2cc(C(C)C(=O)NCCCCC(NC(=O)CNC(=O)[C@H](N)Cc3ccccc3)C(=O)O)ccc2c1.Cc1ccccc1. The Hall–Kier alpha value is -5.22. The minimum Gasteiger partial charge on any atom is -0.497 e. The number of fused-ring (bicyclic) bond motifs is 1. The summed E-state index contributed by atoms with van der Waals surface area (Å²) in [6, 6.07) is 29.2. The second-order valence-corrected chi connectivity index (χ2v) is 11.6. The zero-order valence-electron chi connectivity index (χ0n) is 27.8. The van der Waals surface area contributed by atoms with Crippen LogP contribution in [0.15, 0.2) is 97.1 Å². The first-order chi connectivity index (χ1) is 23.1. The number of benzene rings is 4. The van der Waals surface area contributed by atoms with E-state index in [9.17, 15) is 24.3 Å². The summed E-state index contributed by atoms with van der Waals surface area (Å²) < 4.78 is 5.26. The number of aliphatic carboxylic acids is 1. The summed E-state index contributed by atoms with van der Waals surface area (Å²) in [7, 11) is 1.62. The molecule has 0 aliphatic rings. The number of aryl methyl sites for hydroxylation is 1. The summed E-state index contributed by atoms with van der Waals surface area (Å²) in [4.78, 5) is 48.8. The fraction of sp³-hybridized carbons (Fsp3) is 0.316. The predicted molar refractivity (Wildman–Crippen MR) is 188 cm³/mol. The molecule has 3 atom stereocenters. The van der Waals surface area contributed by atoms with Crippen molar-refractivity contribution in [3.05, 3.63) is 114 Å². The van der Waals surface area contributed by atoms with Crippen LogP contribution in [0, 0.1) is 6.92 Å². The first-order valence-electron chi connectivity index (χ1n) is 16.0. The summed E-state index contributed by atoms with van der Waals surface area (Å²) in [5, 5.41) is 19.3. The van der Waals surface area contributed by atoms with Gasteiger partial charge >= 0.3 is 5.97 Å². The Kier molecular flexibility index (Phi) is 15.1. The third-order valence-electron chi connectivity index (χ3n) is 7.82. The lowest BCUT2D eigenvalue weighted by atomic mass is 9.97. The molecule has 0 fully saturated rings. The van der Waals surface area contributed by atoms with Crippen molar-refractivity contribution in [2.75, 3.05) is 20.2 Å². The van der Waals surface area contributed by atoms with Crippen molar-refractivity contribution in [2.45, 2.75) is 57.5 Å². The van der Waals surface area contributed by atoms with E-state index in [-0.39, 0.29) is 24.8 Å². The van der Waals surface area contributed by atoms with Crippen molar-refractivity contribution in [1.29, 1.82) is 0 Å². The third kappa shape index (κ3) is 12.5. The standard InChI is InChI=1S/C31H38N4O6.C7H8/c1-20(22-11-12-24-18-25(41-2)14-13-23(24)17-22)29(37)33-15-7-6-10-27(31(39)40)35-28(36)19-34-30(38)26(32)16-21-8-4-3-5-9-21;1-7-5-3-2-4-6-7/h3-5,8-9,11-14,17-18,20,26-27H,6-7,10,15-16,19,32H2,1-2H3,(H,33,37)(H,34,38)(H,35,36)(H,39,40);2-6H,1H3/t20?,26-,27?;/m1./s1. The van der Waals surface area contributed by atoms with Crippen molar-refractivity contribution in [2.24, 2.45) is 5.73 Å². The number of carbonyl (C=O) groups is 4. The van der Waals surface area contributed by atoms with Crippen molar-refractivity contribution in [3.8, 4) is 5.75 Å². The van der Waals surface area contributed by atoms with E-state index in [2.05, 4.69) is 35.0 Å². The van der Waals surface area contributed by atoms with Gasteiger partial charge in [-0.05, 0) is 73.6 Å². The molecule has 0 aliphatic heterocycles. The Labute approximate surface area is 282 Å². The number of amides is 3. The smallest absolute Gasteiger partial charge is 0.326 e. The summed E-state index contributed by atoms with van der Waals surface area (Å²) in [6.07, 6.45) is 1.51. The molecule has 4 aromatic rings. The van der Waals surface area contributed by atoms with E-state index in [1.54, 1.807) is 7.11 Å². The van der Waals surface area contributed by atoms with Gasteiger partial charge in [-0.2, -0.15) is 0 Å². The van der Waals surface area contributed by atoms with Gasteiger partial charge in [0.25, 0.3) is 0 Å². The lowest BCUT2D eigenvalue weighted by molar-refractivity contribution is -0.142. The molecule has 0 spiro atoms. The van der Waals surface area contributed by atoms with Crippen LogP contribution in [0.5, 0.6) is 5.75 Å². The lowest BCUT2D eigenvalue weighted by Gasteiger charge is -2.16. The molecule has 4 aromatic carbocycles. The zero-order valence-corrected chi connectivity index (χ0v) is 27.8. The number of carbonyl (C=O) groups excluding carboxylic acids is 3. The molecule has 6 N–H and O–H groups in total. The topological polar surface area (TPSA) is 160 Å². The van der Waals surface area contributed by atoms with Gasteiger partial charge in [-0.1, -0.05) is 90.5 Å². The van der Waals surface area contributed by atoms with Crippen molar-refractivity contribution in [3.63, 3.8) is 0 Å². The van der Waals surface area contributed by atoms with Crippen molar-refractivity contribution >= 4 is 34.5 Å². The van der Waals surface area contributed by atoms with E-state index in [1.165, 1.54) is 5.56 Å². The molecule has 2 unspecified atom stereocenters. The maximum absolute atomic E-state index is 12.7. The van der Waals surface area contributed by atoms with Gasteiger partial charge < -0.3 is 31.5 Å². The maximum atomic E-state index is 12.7. The van der Waals surface area contributed by atoms with Gasteiger partial charge in [0.15, 0.2) is 0 Å². The number of nitrogens with one attached hydrogen (secondary N) is 3. The van der Waals surface area contributed by atoms with Crippen LogP contribution in [0.2, 0.25) is 0 Å². The van der Waals surface area contributed by atoms with E-state index in [0.717, 1.165) is 27.6 Å². The van der Waals surface area contributed by atoms with E-state index in [4.69, 9.17) is 10.5 Å². The van der Waals surface area contributed by atoms with Crippen LogP contribution in [-0.4, -0.2) is 61.1 Å². The van der Waals surface area contributed by atoms with Gasteiger partial charge in [0, 0.05) is 6.54 Å². The molecule has 0 saturated carbocycles. The van der Waals surface area contributed by atoms with Crippen molar-refractivity contribution < 1.29 is 29.0 Å². The predicted octanol–water partition coefficient (Wildman–Crippen LogP) is 4.49.